The van der Waals surface area contributed by atoms with Crippen molar-refractivity contribution in [3.63, 3.8) is 0 Å². The lowest BCUT2D eigenvalue weighted by molar-refractivity contribution is -0.921. The van der Waals surface area contributed by atoms with Gasteiger partial charge in [0, 0.05) is 6.92 Å². The molecule has 0 spiro atoms. The van der Waals surface area contributed by atoms with E-state index in [-0.39, 0.29) is 0 Å². The summed E-state index contributed by atoms with van der Waals surface area (Å²) in [6.07, 6.45) is 0. The molecule has 3 nitrogen and oxygen atoms in total. The standard InChI is InChI=1S/C8H20N.C2H4O2/c1-5-9(6-2,7-3)8-4;1-2(3)4/h5-8H2,1-4H3;1H3,(H,3,4)/q+1;. The van der Waals surface area contributed by atoms with Crippen LogP contribution < -0.4 is 0 Å². The molecule has 0 aromatic heterocycles. The highest BCUT2D eigenvalue weighted by Crippen LogP contribution is 2.03. The van der Waals surface area contributed by atoms with Crippen molar-refractivity contribution in [2.75, 3.05) is 26.2 Å². The van der Waals surface area contributed by atoms with Crippen molar-refractivity contribution >= 4 is 5.97 Å². The van der Waals surface area contributed by atoms with Gasteiger partial charge in [0.2, 0.25) is 0 Å². The maximum atomic E-state index is 9.00. The average Bonchev–Trinajstić information content (AvgIpc) is 2.09. The number of carboxylic acids is 1. The third-order valence-corrected chi connectivity index (χ3v) is 2.68. The summed E-state index contributed by atoms with van der Waals surface area (Å²) in [5.74, 6) is -0.833. The van der Waals surface area contributed by atoms with Crippen LogP contribution >= 0.6 is 0 Å². The fourth-order valence-corrected chi connectivity index (χ4v) is 1.34. The van der Waals surface area contributed by atoms with E-state index < -0.39 is 5.97 Å². The lowest BCUT2D eigenvalue weighted by atomic mass is 10.3. The molecule has 0 aromatic carbocycles. The normalized spacial score (nSPS) is 10.2. The van der Waals surface area contributed by atoms with Crippen LogP contribution in [0.1, 0.15) is 34.6 Å². The SMILES string of the molecule is CC(=O)O.CC[N+](CC)(CC)CC. The van der Waals surface area contributed by atoms with E-state index in [2.05, 4.69) is 27.7 Å². The summed E-state index contributed by atoms with van der Waals surface area (Å²) in [6.45, 7) is 15.3. The molecule has 0 bridgehead atoms. The minimum absolute atomic E-state index is 0.833. The van der Waals surface area contributed by atoms with Gasteiger partial charge in [-0.15, -0.1) is 0 Å². The minimum Gasteiger partial charge on any atom is -0.481 e. The number of hydrogen-bond donors (Lipinski definition) is 1. The zero-order chi connectivity index (χ0) is 10.9. The van der Waals surface area contributed by atoms with Crippen molar-refractivity contribution in [3.8, 4) is 0 Å². The molecule has 0 aromatic rings. The monoisotopic (exact) mass is 190 g/mol. The van der Waals surface area contributed by atoms with Crippen molar-refractivity contribution in [2.45, 2.75) is 34.6 Å². The van der Waals surface area contributed by atoms with Gasteiger partial charge in [0.1, 0.15) is 0 Å². The Morgan fingerprint density at radius 3 is 1.15 bits per heavy atom. The van der Waals surface area contributed by atoms with Crippen molar-refractivity contribution < 1.29 is 14.4 Å². The zero-order valence-corrected chi connectivity index (χ0v) is 9.63. The summed E-state index contributed by atoms with van der Waals surface area (Å²) < 4.78 is 1.28. The van der Waals surface area contributed by atoms with E-state index in [1.54, 1.807) is 0 Å². The van der Waals surface area contributed by atoms with Crippen LogP contribution in [0, 0.1) is 0 Å². The predicted molar refractivity (Wildman–Crippen MR) is 55.7 cm³/mol. The largest absolute Gasteiger partial charge is 0.481 e. The molecule has 0 aliphatic carbocycles. The van der Waals surface area contributed by atoms with Gasteiger partial charge in [0.15, 0.2) is 0 Å². The lowest BCUT2D eigenvalue weighted by Gasteiger charge is -2.34. The van der Waals surface area contributed by atoms with Gasteiger partial charge < -0.3 is 9.59 Å². The van der Waals surface area contributed by atoms with Gasteiger partial charge in [-0.3, -0.25) is 4.79 Å². The number of quaternary nitrogens is 1. The van der Waals surface area contributed by atoms with Crippen molar-refractivity contribution in [3.05, 3.63) is 0 Å². The van der Waals surface area contributed by atoms with Gasteiger partial charge in [-0.05, 0) is 27.7 Å². The van der Waals surface area contributed by atoms with Gasteiger partial charge >= 0.3 is 0 Å². The van der Waals surface area contributed by atoms with E-state index in [0.29, 0.717) is 0 Å². The first-order valence-corrected chi connectivity index (χ1v) is 5.02. The van der Waals surface area contributed by atoms with Crippen molar-refractivity contribution in [2.24, 2.45) is 0 Å². The summed E-state index contributed by atoms with van der Waals surface area (Å²) in [5.41, 5.74) is 0. The molecule has 0 unspecified atom stereocenters. The molecule has 0 amide bonds. The molecule has 0 aliphatic rings. The first-order valence-electron chi connectivity index (χ1n) is 5.02. The van der Waals surface area contributed by atoms with Crippen LogP contribution in [-0.4, -0.2) is 41.7 Å². The first-order chi connectivity index (χ1) is 5.97. The number of hydrogen-bond acceptors (Lipinski definition) is 1. The number of carboxylic acid groups (broad SMARTS) is 1. The molecule has 0 atom stereocenters. The van der Waals surface area contributed by atoms with Crippen LogP contribution in [-0.2, 0) is 4.79 Å². The Kier molecular flexibility index (Phi) is 9.24. The average molecular weight is 190 g/mol. The molecule has 0 radical (unpaired) electrons. The quantitative estimate of drug-likeness (QED) is 0.688. The van der Waals surface area contributed by atoms with Crippen LogP contribution in [0.4, 0.5) is 0 Å². The topological polar surface area (TPSA) is 37.3 Å². The number of nitrogens with zero attached hydrogens (tertiary/aromatic N) is 1. The summed E-state index contributed by atoms with van der Waals surface area (Å²) >= 11 is 0. The molecule has 13 heavy (non-hydrogen) atoms. The Hall–Kier alpha value is -0.570. The van der Waals surface area contributed by atoms with E-state index in [1.165, 1.54) is 30.7 Å². The predicted octanol–water partition coefficient (Wildman–Crippen LogP) is 1.97. The number of carbonyl (C=O) groups is 1. The van der Waals surface area contributed by atoms with E-state index in [4.69, 9.17) is 9.90 Å². The second kappa shape index (κ2) is 8.05. The molecule has 3 heteroatoms. The highest BCUT2D eigenvalue weighted by atomic mass is 16.4. The molecular formula is C10H24NO2+. The lowest BCUT2D eigenvalue weighted by Crippen LogP contribution is -2.47. The summed E-state index contributed by atoms with van der Waals surface area (Å²) in [5, 5.41) is 7.42. The Labute approximate surface area is 82.0 Å². The van der Waals surface area contributed by atoms with Gasteiger partial charge in [0.05, 0.1) is 26.2 Å². The second-order valence-corrected chi connectivity index (χ2v) is 3.13. The van der Waals surface area contributed by atoms with Crippen molar-refractivity contribution in [1.29, 1.82) is 0 Å². The number of aliphatic carboxylic acids is 1. The highest BCUT2D eigenvalue weighted by Gasteiger charge is 2.16. The number of rotatable bonds is 4. The molecule has 0 saturated carbocycles. The molecule has 0 saturated heterocycles. The third kappa shape index (κ3) is 7.78. The van der Waals surface area contributed by atoms with Crippen LogP contribution in [0.25, 0.3) is 0 Å². The van der Waals surface area contributed by atoms with Gasteiger partial charge in [-0.1, -0.05) is 0 Å². The fourth-order valence-electron chi connectivity index (χ4n) is 1.34. The van der Waals surface area contributed by atoms with E-state index in [1.807, 2.05) is 0 Å². The van der Waals surface area contributed by atoms with E-state index in [0.717, 1.165) is 6.92 Å². The maximum Gasteiger partial charge on any atom is 0.300 e. The van der Waals surface area contributed by atoms with Gasteiger partial charge in [0.25, 0.3) is 5.97 Å². The summed E-state index contributed by atoms with van der Waals surface area (Å²) in [6, 6.07) is 0. The van der Waals surface area contributed by atoms with Crippen LogP contribution in [0.5, 0.6) is 0 Å². The molecule has 0 rings (SSSR count). The molecule has 1 N–H and O–H groups in total. The van der Waals surface area contributed by atoms with Gasteiger partial charge in [-0.25, -0.2) is 0 Å². The van der Waals surface area contributed by atoms with Gasteiger partial charge in [-0.2, -0.15) is 0 Å². The Morgan fingerprint density at radius 1 is 1.00 bits per heavy atom. The minimum atomic E-state index is -0.833. The van der Waals surface area contributed by atoms with Crippen LogP contribution in [0.15, 0.2) is 0 Å². The van der Waals surface area contributed by atoms with Crippen molar-refractivity contribution in [1.82, 2.24) is 0 Å². The van der Waals surface area contributed by atoms with E-state index >= 15 is 0 Å². The highest BCUT2D eigenvalue weighted by molar-refractivity contribution is 5.62. The smallest absolute Gasteiger partial charge is 0.300 e. The summed E-state index contributed by atoms with van der Waals surface area (Å²) in [7, 11) is 0. The summed E-state index contributed by atoms with van der Waals surface area (Å²) in [4.78, 5) is 9.00. The molecule has 0 aliphatic heterocycles. The third-order valence-electron chi connectivity index (χ3n) is 2.68. The Balaban J connectivity index is 0. The molecular weight excluding hydrogens is 166 g/mol. The molecule has 80 valence electrons. The first kappa shape index (κ1) is 14.9. The Bertz CT molecular complexity index is 109. The van der Waals surface area contributed by atoms with Crippen LogP contribution in [0.3, 0.4) is 0 Å². The van der Waals surface area contributed by atoms with Crippen LogP contribution in [0.2, 0.25) is 0 Å². The second-order valence-electron chi connectivity index (χ2n) is 3.13. The molecule has 0 heterocycles. The van der Waals surface area contributed by atoms with E-state index in [9.17, 15) is 0 Å². The fraction of sp³-hybridized carbons (Fsp3) is 0.900. The zero-order valence-electron chi connectivity index (χ0n) is 9.63. The Morgan fingerprint density at radius 2 is 1.15 bits per heavy atom. The molecule has 0 fully saturated rings. The maximum absolute atomic E-state index is 9.00.